The lowest BCUT2D eigenvalue weighted by atomic mass is 10.0. The molecule has 0 amide bonds. The van der Waals surface area contributed by atoms with Gasteiger partial charge in [-0.1, -0.05) is 36.3 Å². The maximum Gasteiger partial charge on any atom is 0.440 e. The summed E-state index contributed by atoms with van der Waals surface area (Å²) >= 11 is 0. The molecule has 0 fully saturated rings. The Kier molecular flexibility index (Phi) is 10.7. The molecule has 16 heteroatoms. The van der Waals surface area contributed by atoms with Crippen LogP contribution >= 0.6 is 0 Å². The lowest BCUT2D eigenvalue weighted by Gasteiger charge is -2.23. The largest absolute Gasteiger partial charge is 0.474 e. The van der Waals surface area contributed by atoms with E-state index in [1.54, 1.807) is 18.2 Å². The van der Waals surface area contributed by atoms with Gasteiger partial charge >= 0.3 is 35.6 Å². The van der Waals surface area contributed by atoms with Gasteiger partial charge in [0.05, 0.1) is 18.1 Å². The number of nitrogens with zero attached hydrogens (tertiary/aromatic N) is 2. The molecule has 0 unspecified atom stereocenters. The van der Waals surface area contributed by atoms with E-state index in [-0.39, 0.29) is 25.3 Å². The quantitative estimate of drug-likeness (QED) is 0.103. The summed E-state index contributed by atoms with van der Waals surface area (Å²) in [5.41, 5.74) is -7.71. The third-order valence-corrected chi connectivity index (χ3v) is 5.26. The molecule has 0 saturated heterocycles. The maximum atomic E-state index is 13.5. The third kappa shape index (κ3) is 8.55. The fourth-order valence-corrected chi connectivity index (χ4v) is 3.15. The minimum absolute atomic E-state index is 0.0711. The number of carbonyl (C=O) groups is 2. The first-order valence-corrected chi connectivity index (χ1v) is 11.5. The molecule has 2 aromatic rings. The van der Waals surface area contributed by atoms with Crippen molar-refractivity contribution in [3.8, 4) is 17.7 Å². The molecule has 41 heavy (non-hydrogen) atoms. The van der Waals surface area contributed by atoms with Gasteiger partial charge in [-0.3, -0.25) is 10.1 Å². The van der Waals surface area contributed by atoms with Crippen LogP contribution in [0, 0.1) is 22.0 Å². The summed E-state index contributed by atoms with van der Waals surface area (Å²) in [6, 6.07) is 7.78. The highest BCUT2D eigenvalue weighted by Gasteiger charge is 2.60. The van der Waals surface area contributed by atoms with Crippen molar-refractivity contribution in [2.75, 3.05) is 7.11 Å². The molecule has 1 aromatic carbocycles. The number of ether oxygens (including phenoxy) is 3. The number of unbranched alkanes of at least 4 members (excludes halogenated alkanes) is 1. The van der Waals surface area contributed by atoms with Crippen molar-refractivity contribution in [1.82, 2.24) is 4.98 Å². The first kappa shape index (κ1) is 32.8. The predicted molar refractivity (Wildman–Crippen MR) is 126 cm³/mol. The molecule has 10 nitrogen and oxygen atoms in total. The van der Waals surface area contributed by atoms with Crippen LogP contribution < -0.4 is 4.74 Å². The first-order chi connectivity index (χ1) is 19.0. The van der Waals surface area contributed by atoms with Gasteiger partial charge in [-0.25, -0.2) is 9.59 Å². The van der Waals surface area contributed by atoms with Crippen LogP contribution in [-0.4, -0.2) is 51.9 Å². The number of pyridine rings is 1. The number of hydrogen-bond acceptors (Lipinski definition) is 9. The number of nitro groups is 1. The number of aliphatic hydroxyl groups is 1. The summed E-state index contributed by atoms with van der Waals surface area (Å²) < 4.78 is 94.9. The Bertz CT molecular complexity index is 1320. The van der Waals surface area contributed by atoms with E-state index in [4.69, 9.17) is 4.74 Å². The molecule has 0 aliphatic heterocycles. The average Bonchev–Trinajstić information content (AvgIpc) is 2.89. The van der Waals surface area contributed by atoms with E-state index in [2.05, 4.69) is 14.5 Å². The summed E-state index contributed by atoms with van der Waals surface area (Å²) in [6.07, 6.45) is -12.3. The number of hydrogen-bond donors (Lipinski definition) is 1. The van der Waals surface area contributed by atoms with Crippen molar-refractivity contribution in [3.63, 3.8) is 0 Å². The lowest BCUT2D eigenvalue weighted by Crippen LogP contribution is -2.51. The number of aromatic nitrogens is 1. The van der Waals surface area contributed by atoms with Crippen molar-refractivity contribution in [2.24, 2.45) is 0 Å². The highest BCUT2D eigenvalue weighted by molar-refractivity contribution is 5.92. The van der Waals surface area contributed by atoms with Gasteiger partial charge in [0.25, 0.3) is 0 Å². The Morgan fingerprint density at radius 1 is 1.15 bits per heavy atom. The highest BCUT2D eigenvalue weighted by atomic mass is 19.4. The number of carbonyl (C=O) groups excluding carboxylic acids is 2. The van der Waals surface area contributed by atoms with Crippen LogP contribution in [0.15, 0.2) is 36.4 Å². The zero-order valence-electron chi connectivity index (χ0n) is 21.3. The maximum absolute atomic E-state index is 13.5. The SMILES string of the molecule is COC(=O)c1nc(O[C@@H](C)CCCC#C[C@@](O)(C(=O)OCc2ccccc2)C(F)(F)F)c(C(F)(F)F)cc1[N+](=O)[O-]. The summed E-state index contributed by atoms with van der Waals surface area (Å²) in [7, 11) is 0.832. The van der Waals surface area contributed by atoms with Crippen molar-refractivity contribution in [3.05, 3.63) is 63.3 Å². The fourth-order valence-electron chi connectivity index (χ4n) is 3.15. The third-order valence-electron chi connectivity index (χ3n) is 5.26. The van der Waals surface area contributed by atoms with Crippen molar-refractivity contribution in [1.29, 1.82) is 0 Å². The summed E-state index contributed by atoms with van der Waals surface area (Å²) in [4.78, 5) is 37.1. The molecule has 0 aliphatic rings. The standard InChI is InChI=1S/C25H22F6N2O8/c1-15(41-20-17(24(26,27)28)13-18(33(37)38)19(32-20)21(34)39-2)9-5-4-8-12-23(36,25(29,30)31)22(35)40-14-16-10-6-3-7-11-16/h3,6-7,10-11,13,15,36H,4-5,9,14H2,1-2H3/t15-,23+/m0/s1. The van der Waals surface area contributed by atoms with Crippen LogP contribution in [0.1, 0.15) is 47.8 Å². The Balaban J connectivity index is 2.13. The van der Waals surface area contributed by atoms with E-state index >= 15 is 0 Å². The van der Waals surface area contributed by atoms with Crippen LogP contribution in [-0.2, 0) is 27.1 Å². The van der Waals surface area contributed by atoms with Crippen molar-refractivity contribution in [2.45, 2.75) is 56.9 Å². The Morgan fingerprint density at radius 3 is 2.32 bits per heavy atom. The van der Waals surface area contributed by atoms with Gasteiger partial charge in [0, 0.05) is 12.5 Å². The zero-order chi connectivity index (χ0) is 31.0. The van der Waals surface area contributed by atoms with E-state index < -0.39 is 70.4 Å². The molecular weight excluding hydrogens is 570 g/mol. The van der Waals surface area contributed by atoms with E-state index in [9.17, 15) is 51.2 Å². The van der Waals surface area contributed by atoms with Gasteiger partial charge in [0.15, 0.2) is 0 Å². The molecule has 1 N–H and O–H groups in total. The fraction of sp³-hybridized carbons (Fsp3) is 0.400. The number of rotatable bonds is 10. The summed E-state index contributed by atoms with van der Waals surface area (Å²) in [6.45, 7) is 0.713. The highest BCUT2D eigenvalue weighted by Crippen LogP contribution is 2.39. The van der Waals surface area contributed by atoms with Gasteiger partial charge < -0.3 is 19.3 Å². The number of benzene rings is 1. The first-order valence-electron chi connectivity index (χ1n) is 11.5. The van der Waals surface area contributed by atoms with Crippen LogP contribution in [0.25, 0.3) is 0 Å². The van der Waals surface area contributed by atoms with Crippen LogP contribution in [0.3, 0.4) is 0 Å². The Morgan fingerprint density at radius 2 is 1.78 bits per heavy atom. The van der Waals surface area contributed by atoms with Crippen molar-refractivity contribution < 1.29 is 60.2 Å². The molecule has 222 valence electrons. The molecule has 0 aliphatic carbocycles. The number of esters is 2. The molecule has 0 bridgehead atoms. The Labute approximate surface area is 228 Å². The monoisotopic (exact) mass is 592 g/mol. The zero-order valence-corrected chi connectivity index (χ0v) is 21.3. The molecular formula is C25H22F6N2O8. The molecule has 1 aromatic heterocycles. The second kappa shape index (κ2) is 13.3. The minimum Gasteiger partial charge on any atom is -0.474 e. The average molecular weight is 592 g/mol. The van der Waals surface area contributed by atoms with Gasteiger partial charge in [0.1, 0.15) is 12.2 Å². The molecule has 1 heterocycles. The molecule has 0 spiro atoms. The Hall–Kier alpha value is -4.39. The summed E-state index contributed by atoms with van der Waals surface area (Å²) in [5, 5.41) is 21.1. The van der Waals surface area contributed by atoms with Crippen LogP contribution in [0.4, 0.5) is 32.0 Å². The lowest BCUT2D eigenvalue weighted by molar-refractivity contribution is -0.385. The van der Waals surface area contributed by atoms with E-state index in [1.165, 1.54) is 25.0 Å². The normalized spacial score (nSPS) is 13.7. The topological polar surface area (TPSA) is 138 Å². The van der Waals surface area contributed by atoms with Crippen LogP contribution in [0.2, 0.25) is 0 Å². The second-order valence-electron chi connectivity index (χ2n) is 8.35. The predicted octanol–water partition coefficient (Wildman–Crippen LogP) is 4.77. The van der Waals surface area contributed by atoms with E-state index in [0.29, 0.717) is 5.56 Å². The van der Waals surface area contributed by atoms with Crippen LogP contribution in [0.5, 0.6) is 5.88 Å². The van der Waals surface area contributed by atoms with Gasteiger partial charge in [-0.05, 0) is 31.2 Å². The van der Waals surface area contributed by atoms with E-state index in [1.807, 2.05) is 5.92 Å². The number of methoxy groups -OCH3 is 1. The smallest absolute Gasteiger partial charge is 0.440 e. The number of alkyl halides is 6. The van der Waals surface area contributed by atoms with Gasteiger partial charge in [-0.15, -0.1) is 0 Å². The number of halogens is 6. The molecule has 2 atom stereocenters. The summed E-state index contributed by atoms with van der Waals surface area (Å²) in [5.74, 6) is -1.12. The molecule has 2 rings (SSSR count). The van der Waals surface area contributed by atoms with Gasteiger partial charge in [-0.2, -0.15) is 31.3 Å². The van der Waals surface area contributed by atoms with Gasteiger partial charge in [0.2, 0.25) is 11.6 Å². The van der Waals surface area contributed by atoms with E-state index in [0.717, 1.165) is 7.11 Å². The second-order valence-corrected chi connectivity index (χ2v) is 8.35. The molecule has 0 radical (unpaired) electrons. The minimum atomic E-state index is -5.50. The van der Waals surface area contributed by atoms with Crippen molar-refractivity contribution >= 4 is 17.6 Å². The molecule has 0 saturated carbocycles.